The number of aliphatic hydroxyl groups is 1. The van der Waals surface area contributed by atoms with Crippen LogP contribution in [0.4, 0.5) is 0 Å². The Morgan fingerprint density at radius 1 is 1.35 bits per heavy atom. The molecule has 0 amide bonds. The first-order chi connectivity index (χ1) is 8.20. The summed E-state index contributed by atoms with van der Waals surface area (Å²) in [5, 5.41) is 10.7. The molecule has 0 bridgehead atoms. The zero-order valence-corrected chi connectivity index (χ0v) is 10.8. The van der Waals surface area contributed by atoms with Crippen molar-refractivity contribution in [2.75, 3.05) is 0 Å². The molecule has 0 saturated heterocycles. The van der Waals surface area contributed by atoms with Gasteiger partial charge in [-0.3, -0.25) is 0 Å². The van der Waals surface area contributed by atoms with Gasteiger partial charge in [-0.05, 0) is 24.1 Å². The number of hydrogen-bond donors (Lipinski definition) is 1. The lowest BCUT2D eigenvalue weighted by molar-refractivity contribution is 0.173. The van der Waals surface area contributed by atoms with Crippen molar-refractivity contribution in [2.24, 2.45) is 7.05 Å². The normalized spacial score (nSPS) is 12.6. The SMILES string of the molecule is CC[C@@H](O)c1ccc(Sc2nccn2C)cc1. The zero-order chi connectivity index (χ0) is 12.3. The van der Waals surface area contributed by atoms with E-state index in [0.29, 0.717) is 0 Å². The largest absolute Gasteiger partial charge is 0.388 e. The van der Waals surface area contributed by atoms with Gasteiger partial charge in [0.15, 0.2) is 5.16 Å². The molecule has 0 radical (unpaired) electrons. The molecule has 0 aliphatic heterocycles. The Labute approximate surface area is 106 Å². The number of imidazole rings is 1. The number of aromatic nitrogens is 2. The molecule has 90 valence electrons. The molecule has 3 nitrogen and oxygen atoms in total. The minimum Gasteiger partial charge on any atom is -0.388 e. The summed E-state index contributed by atoms with van der Waals surface area (Å²) in [6.45, 7) is 1.97. The van der Waals surface area contributed by atoms with Crippen LogP contribution in [0.2, 0.25) is 0 Å². The second kappa shape index (κ2) is 5.38. The number of rotatable bonds is 4. The molecule has 2 aromatic rings. The maximum Gasteiger partial charge on any atom is 0.172 e. The summed E-state index contributed by atoms with van der Waals surface area (Å²) in [6, 6.07) is 7.99. The molecule has 0 aliphatic rings. The summed E-state index contributed by atoms with van der Waals surface area (Å²) >= 11 is 1.62. The van der Waals surface area contributed by atoms with Gasteiger partial charge in [0.1, 0.15) is 0 Å². The van der Waals surface area contributed by atoms with Crippen molar-refractivity contribution in [3.8, 4) is 0 Å². The molecule has 0 unspecified atom stereocenters. The van der Waals surface area contributed by atoms with Crippen LogP contribution in [-0.2, 0) is 7.05 Å². The standard InChI is InChI=1S/C13H16N2OS/c1-3-12(16)10-4-6-11(7-5-10)17-13-14-8-9-15(13)2/h4-9,12,16H,3H2,1-2H3/t12-/m1/s1. The van der Waals surface area contributed by atoms with Gasteiger partial charge in [0.25, 0.3) is 0 Å². The molecule has 0 fully saturated rings. The molecule has 0 aliphatic carbocycles. The number of hydrogen-bond acceptors (Lipinski definition) is 3. The third-order valence-electron chi connectivity index (χ3n) is 2.64. The van der Waals surface area contributed by atoms with Crippen LogP contribution in [0.15, 0.2) is 46.7 Å². The first-order valence-electron chi connectivity index (χ1n) is 5.64. The quantitative estimate of drug-likeness (QED) is 0.904. The highest BCUT2D eigenvalue weighted by Gasteiger charge is 2.06. The van der Waals surface area contributed by atoms with Crippen LogP contribution in [0.5, 0.6) is 0 Å². The predicted molar refractivity (Wildman–Crippen MR) is 69.0 cm³/mol. The minimum absolute atomic E-state index is 0.359. The first-order valence-corrected chi connectivity index (χ1v) is 6.45. The monoisotopic (exact) mass is 248 g/mol. The number of benzene rings is 1. The second-order valence-corrected chi connectivity index (χ2v) is 4.96. The molecule has 1 N–H and O–H groups in total. The summed E-state index contributed by atoms with van der Waals surface area (Å²) in [4.78, 5) is 5.39. The van der Waals surface area contributed by atoms with E-state index in [4.69, 9.17) is 0 Å². The fraction of sp³-hybridized carbons (Fsp3) is 0.308. The van der Waals surface area contributed by atoms with E-state index in [1.807, 2.05) is 49.0 Å². The molecule has 1 aromatic carbocycles. The highest BCUT2D eigenvalue weighted by Crippen LogP contribution is 2.27. The van der Waals surface area contributed by atoms with Gasteiger partial charge in [-0.2, -0.15) is 0 Å². The summed E-state index contributed by atoms with van der Waals surface area (Å²) in [6.07, 6.45) is 4.10. The smallest absolute Gasteiger partial charge is 0.172 e. The Morgan fingerprint density at radius 2 is 2.06 bits per heavy atom. The van der Waals surface area contributed by atoms with Gasteiger partial charge in [-0.1, -0.05) is 30.8 Å². The molecule has 2 rings (SSSR count). The van der Waals surface area contributed by atoms with Crippen molar-refractivity contribution < 1.29 is 5.11 Å². The number of aliphatic hydroxyl groups excluding tert-OH is 1. The van der Waals surface area contributed by atoms with Crippen LogP contribution in [-0.4, -0.2) is 14.7 Å². The first kappa shape index (κ1) is 12.2. The van der Waals surface area contributed by atoms with Crippen LogP contribution in [0.25, 0.3) is 0 Å². The van der Waals surface area contributed by atoms with E-state index in [0.717, 1.165) is 22.0 Å². The van der Waals surface area contributed by atoms with Crippen molar-refractivity contribution >= 4 is 11.8 Å². The van der Waals surface area contributed by atoms with Crippen molar-refractivity contribution in [1.82, 2.24) is 9.55 Å². The molecule has 0 spiro atoms. The maximum atomic E-state index is 9.70. The highest BCUT2D eigenvalue weighted by molar-refractivity contribution is 7.99. The Morgan fingerprint density at radius 3 is 2.59 bits per heavy atom. The van der Waals surface area contributed by atoms with Gasteiger partial charge in [0.05, 0.1) is 6.10 Å². The van der Waals surface area contributed by atoms with E-state index in [1.54, 1.807) is 18.0 Å². The summed E-state index contributed by atoms with van der Waals surface area (Å²) < 4.78 is 1.99. The number of nitrogens with zero attached hydrogens (tertiary/aromatic N) is 2. The topological polar surface area (TPSA) is 38.1 Å². The van der Waals surface area contributed by atoms with Crippen LogP contribution in [0.3, 0.4) is 0 Å². The van der Waals surface area contributed by atoms with Crippen LogP contribution in [0, 0.1) is 0 Å². The molecule has 17 heavy (non-hydrogen) atoms. The molecule has 4 heteroatoms. The Balaban J connectivity index is 2.11. The Kier molecular flexibility index (Phi) is 3.86. The minimum atomic E-state index is -0.359. The van der Waals surface area contributed by atoms with Crippen molar-refractivity contribution in [3.63, 3.8) is 0 Å². The average molecular weight is 248 g/mol. The molecule has 1 aromatic heterocycles. The van der Waals surface area contributed by atoms with Gasteiger partial charge in [-0.15, -0.1) is 0 Å². The maximum absolute atomic E-state index is 9.70. The molecular weight excluding hydrogens is 232 g/mol. The summed E-state index contributed by atoms with van der Waals surface area (Å²) in [5.74, 6) is 0. The van der Waals surface area contributed by atoms with Crippen molar-refractivity contribution in [3.05, 3.63) is 42.2 Å². The molecule has 0 saturated carbocycles. The fourth-order valence-corrected chi connectivity index (χ4v) is 2.35. The fourth-order valence-electron chi connectivity index (χ4n) is 1.55. The van der Waals surface area contributed by atoms with Crippen LogP contribution in [0.1, 0.15) is 25.0 Å². The van der Waals surface area contributed by atoms with E-state index < -0.39 is 0 Å². The van der Waals surface area contributed by atoms with E-state index in [1.165, 1.54) is 0 Å². The van der Waals surface area contributed by atoms with Gasteiger partial charge in [0, 0.05) is 24.3 Å². The van der Waals surface area contributed by atoms with Crippen molar-refractivity contribution in [2.45, 2.75) is 29.5 Å². The van der Waals surface area contributed by atoms with Gasteiger partial charge < -0.3 is 9.67 Å². The highest BCUT2D eigenvalue weighted by atomic mass is 32.2. The lowest BCUT2D eigenvalue weighted by atomic mass is 10.1. The van der Waals surface area contributed by atoms with E-state index in [9.17, 15) is 5.11 Å². The Bertz CT molecular complexity index is 478. The molecule has 1 atom stereocenters. The third-order valence-corrected chi connectivity index (χ3v) is 3.72. The van der Waals surface area contributed by atoms with Gasteiger partial charge in [0.2, 0.25) is 0 Å². The van der Waals surface area contributed by atoms with E-state index in [2.05, 4.69) is 4.98 Å². The molecule has 1 heterocycles. The predicted octanol–water partition coefficient (Wildman–Crippen LogP) is 3.01. The molecular formula is C13H16N2OS. The van der Waals surface area contributed by atoms with Crippen LogP contribution >= 0.6 is 11.8 Å². The lowest BCUT2D eigenvalue weighted by Gasteiger charge is -2.08. The summed E-state index contributed by atoms with van der Waals surface area (Å²) in [7, 11) is 1.98. The summed E-state index contributed by atoms with van der Waals surface area (Å²) in [5.41, 5.74) is 0.969. The Hall–Kier alpha value is -1.26. The van der Waals surface area contributed by atoms with E-state index >= 15 is 0 Å². The average Bonchev–Trinajstić information content (AvgIpc) is 2.75. The van der Waals surface area contributed by atoms with Gasteiger partial charge >= 0.3 is 0 Å². The number of aryl methyl sites for hydroxylation is 1. The second-order valence-electron chi connectivity index (χ2n) is 3.92. The zero-order valence-electron chi connectivity index (χ0n) is 10.00. The van der Waals surface area contributed by atoms with E-state index in [-0.39, 0.29) is 6.10 Å². The lowest BCUT2D eigenvalue weighted by Crippen LogP contribution is -1.94. The van der Waals surface area contributed by atoms with Crippen molar-refractivity contribution in [1.29, 1.82) is 0 Å². The van der Waals surface area contributed by atoms with Crippen LogP contribution < -0.4 is 0 Å². The van der Waals surface area contributed by atoms with Gasteiger partial charge in [-0.25, -0.2) is 4.98 Å². The third kappa shape index (κ3) is 2.90.